The number of aromatic nitrogens is 1. The molecule has 25 heavy (non-hydrogen) atoms. The Bertz CT molecular complexity index is 701. The number of likely N-dealkylation sites (tertiary alicyclic amines) is 1. The van der Waals surface area contributed by atoms with Gasteiger partial charge < -0.3 is 15.0 Å². The lowest BCUT2D eigenvalue weighted by Crippen LogP contribution is -2.49. The molecule has 3 rings (SSSR count). The number of pyridine rings is 1. The topological polar surface area (TPSA) is 71.5 Å². The molecule has 0 bridgehead atoms. The maximum absolute atomic E-state index is 12.6. The van der Waals surface area contributed by atoms with Gasteiger partial charge in [-0.2, -0.15) is 0 Å². The summed E-state index contributed by atoms with van der Waals surface area (Å²) < 4.78 is 5.06. The lowest BCUT2D eigenvalue weighted by atomic mass is 9.71. The number of methoxy groups -OCH3 is 1. The number of rotatable bonds is 2. The number of hydrogen-bond donors (Lipinski definition) is 1. The number of hydrogen-bond acceptors (Lipinski definition) is 4. The maximum Gasteiger partial charge on any atom is 0.313 e. The van der Waals surface area contributed by atoms with Crippen LogP contribution in [0.25, 0.3) is 0 Å². The van der Waals surface area contributed by atoms with Crippen LogP contribution in [-0.2, 0) is 9.59 Å². The number of nitrogens with one attached hydrogen (secondary N) is 1. The predicted molar refractivity (Wildman–Crippen MR) is 95.4 cm³/mol. The van der Waals surface area contributed by atoms with E-state index >= 15 is 0 Å². The lowest BCUT2D eigenvalue weighted by molar-refractivity contribution is -0.145. The smallest absolute Gasteiger partial charge is 0.313 e. The minimum absolute atomic E-state index is 0.153. The molecule has 2 amide bonds. The molecule has 6 nitrogen and oxygen atoms in total. The van der Waals surface area contributed by atoms with Gasteiger partial charge in [0.15, 0.2) is 0 Å². The number of nitrogens with zero attached hydrogens (tertiary/aromatic N) is 2. The van der Waals surface area contributed by atoms with Gasteiger partial charge in [-0.3, -0.25) is 9.59 Å². The first-order valence-corrected chi connectivity index (χ1v) is 8.80. The second kappa shape index (κ2) is 7.25. The Hall–Kier alpha value is -2.37. The van der Waals surface area contributed by atoms with E-state index in [-0.39, 0.29) is 5.41 Å². The van der Waals surface area contributed by atoms with E-state index < -0.39 is 11.8 Å². The second-order valence-electron chi connectivity index (χ2n) is 6.99. The van der Waals surface area contributed by atoms with Gasteiger partial charge in [0.2, 0.25) is 5.88 Å². The molecule has 0 saturated carbocycles. The minimum Gasteiger partial charge on any atom is -0.481 e. The number of ether oxygens (including phenoxy) is 1. The van der Waals surface area contributed by atoms with Crippen LogP contribution in [0, 0.1) is 12.3 Å². The number of anilines is 1. The quantitative estimate of drug-likeness (QED) is 0.662. The predicted octanol–water partition coefficient (Wildman–Crippen LogP) is 2.69. The number of piperidine rings is 1. The summed E-state index contributed by atoms with van der Waals surface area (Å²) in [6, 6.07) is 3.37. The highest BCUT2D eigenvalue weighted by molar-refractivity contribution is 6.39. The highest BCUT2D eigenvalue weighted by Gasteiger charge is 2.38. The lowest BCUT2D eigenvalue weighted by Gasteiger charge is -2.43. The summed E-state index contributed by atoms with van der Waals surface area (Å²) in [7, 11) is 1.54. The van der Waals surface area contributed by atoms with Crippen LogP contribution < -0.4 is 10.1 Å². The zero-order chi connectivity index (χ0) is 17.9. The van der Waals surface area contributed by atoms with Crippen LogP contribution >= 0.6 is 0 Å². The van der Waals surface area contributed by atoms with Crippen molar-refractivity contribution in [2.75, 3.05) is 25.5 Å². The van der Waals surface area contributed by atoms with Gasteiger partial charge in [-0.05, 0) is 50.5 Å². The molecule has 1 unspecified atom stereocenters. The summed E-state index contributed by atoms with van der Waals surface area (Å²) in [5, 5.41) is 2.69. The van der Waals surface area contributed by atoms with E-state index in [0.29, 0.717) is 30.4 Å². The summed E-state index contributed by atoms with van der Waals surface area (Å²) in [6.45, 7) is 3.09. The molecular formula is C19H25N3O3. The van der Waals surface area contributed by atoms with E-state index in [4.69, 9.17) is 4.74 Å². The Kier molecular flexibility index (Phi) is 5.06. The molecule has 1 aromatic rings. The zero-order valence-corrected chi connectivity index (χ0v) is 14.9. The van der Waals surface area contributed by atoms with Crippen LogP contribution in [0.2, 0.25) is 0 Å². The number of aryl methyl sites for hydroxylation is 1. The Morgan fingerprint density at radius 1 is 1.28 bits per heavy atom. The van der Waals surface area contributed by atoms with Crippen LogP contribution in [-0.4, -0.2) is 41.9 Å². The van der Waals surface area contributed by atoms with Crippen molar-refractivity contribution >= 4 is 17.5 Å². The first kappa shape index (κ1) is 17.5. The molecule has 6 heteroatoms. The molecule has 1 aliphatic carbocycles. The van der Waals surface area contributed by atoms with Crippen LogP contribution in [0.1, 0.15) is 37.8 Å². The van der Waals surface area contributed by atoms with Gasteiger partial charge in [0.05, 0.1) is 18.5 Å². The summed E-state index contributed by atoms with van der Waals surface area (Å²) in [5.74, 6) is -0.576. The van der Waals surface area contributed by atoms with Crippen molar-refractivity contribution in [2.45, 2.75) is 39.0 Å². The number of allylic oxidation sites excluding steroid dienone is 2. The van der Waals surface area contributed by atoms with Gasteiger partial charge in [0, 0.05) is 19.2 Å². The van der Waals surface area contributed by atoms with E-state index in [2.05, 4.69) is 22.5 Å². The number of amides is 2. The van der Waals surface area contributed by atoms with Crippen molar-refractivity contribution in [1.29, 1.82) is 0 Å². The van der Waals surface area contributed by atoms with Crippen LogP contribution in [0.3, 0.4) is 0 Å². The van der Waals surface area contributed by atoms with E-state index in [1.54, 1.807) is 24.0 Å². The molecule has 1 spiro atoms. The minimum atomic E-state index is -0.599. The third kappa shape index (κ3) is 3.83. The molecule has 1 atom stereocenters. The SMILES string of the molecule is COc1ccc(NC(=O)C(=O)N2CCCC3(CC=CCC3)C2)c(C)n1. The number of carbonyl (C=O) groups excluding carboxylic acids is 2. The second-order valence-corrected chi connectivity index (χ2v) is 6.99. The van der Waals surface area contributed by atoms with Crippen LogP contribution in [0.5, 0.6) is 5.88 Å². The largest absolute Gasteiger partial charge is 0.481 e. The standard InChI is InChI=1S/C19H25N3O3/c1-14-15(7-8-16(20-14)25-2)21-17(23)18(24)22-12-6-11-19(13-22)9-4-3-5-10-19/h3-4,7-8H,5-6,9-13H2,1-2H3,(H,21,23). The van der Waals surface area contributed by atoms with Gasteiger partial charge in [-0.25, -0.2) is 4.98 Å². The molecule has 0 aromatic carbocycles. The van der Waals surface area contributed by atoms with Crippen molar-refractivity contribution in [3.8, 4) is 5.88 Å². The Morgan fingerprint density at radius 2 is 2.12 bits per heavy atom. The van der Waals surface area contributed by atoms with E-state index in [0.717, 1.165) is 32.1 Å². The molecule has 1 aromatic heterocycles. The van der Waals surface area contributed by atoms with Crippen molar-refractivity contribution in [2.24, 2.45) is 5.41 Å². The van der Waals surface area contributed by atoms with E-state index in [9.17, 15) is 9.59 Å². The number of carbonyl (C=O) groups is 2. The monoisotopic (exact) mass is 343 g/mol. The van der Waals surface area contributed by atoms with Crippen molar-refractivity contribution in [3.05, 3.63) is 30.0 Å². The third-order valence-corrected chi connectivity index (χ3v) is 5.22. The Morgan fingerprint density at radius 3 is 2.80 bits per heavy atom. The molecule has 2 heterocycles. The van der Waals surface area contributed by atoms with Gasteiger partial charge in [0.25, 0.3) is 0 Å². The summed E-state index contributed by atoms with van der Waals surface area (Å²) >= 11 is 0. The van der Waals surface area contributed by atoms with Gasteiger partial charge >= 0.3 is 11.8 Å². The summed E-state index contributed by atoms with van der Waals surface area (Å²) in [5.41, 5.74) is 1.31. The normalized spacial score (nSPS) is 22.7. The summed E-state index contributed by atoms with van der Waals surface area (Å²) in [4.78, 5) is 31.0. The highest BCUT2D eigenvalue weighted by atomic mass is 16.5. The van der Waals surface area contributed by atoms with E-state index in [1.807, 2.05) is 0 Å². The fraction of sp³-hybridized carbons (Fsp3) is 0.526. The van der Waals surface area contributed by atoms with Gasteiger partial charge in [-0.1, -0.05) is 12.2 Å². The molecule has 1 fully saturated rings. The fourth-order valence-corrected chi connectivity index (χ4v) is 3.80. The molecule has 2 aliphatic rings. The molecule has 0 radical (unpaired) electrons. The molecular weight excluding hydrogens is 318 g/mol. The van der Waals surface area contributed by atoms with Crippen LogP contribution in [0.4, 0.5) is 5.69 Å². The average Bonchev–Trinajstić information content (AvgIpc) is 2.63. The van der Waals surface area contributed by atoms with Crippen molar-refractivity contribution in [3.63, 3.8) is 0 Å². The molecule has 1 saturated heterocycles. The maximum atomic E-state index is 12.6. The molecule has 1 N–H and O–H groups in total. The fourth-order valence-electron chi connectivity index (χ4n) is 3.80. The summed E-state index contributed by atoms with van der Waals surface area (Å²) in [6.07, 6.45) is 9.66. The first-order chi connectivity index (χ1) is 12.0. The first-order valence-electron chi connectivity index (χ1n) is 8.80. The zero-order valence-electron chi connectivity index (χ0n) is 14.9. The Labute approximate surface area is 148 Å². The van der Waals surface area contributed by atoms with E-state index in [1.165, 1.54) is 7.11 Å². The third-order valence-electron chi connectivity index (χ3n) is 5.22. The molecule has 134 valence electrons. The molecule has 1 aliphatic heterocycles. The van der Waals surface area contributed by atoms with Crippen LogP contribution in [0.15, 0.2) is 24.3 Å². The van der Waals surface area contributed by atoms with Crippen molar-refractivity contribution < 1.29 is 14.3 Å². The van der Waals surface area contributed by atoms with Gasteiger partial charge in [0.1, 0.15) is 0 Å². The Balaban J connectivity index is 1.66. The van der Waals surface area contributed by atoms with Crippen molar-refractivity contribution in [1.82, 2.24) is 9.88 Å². The highest BCUT2D eigenvalue weighted by Crippen LogP contribution is 2.40. The van der Waals surface area contributed by atoms with Gasteiger partial charge in [-0.15, -0.1) is 0 Å². The average molecular weight is 343 g/mol.